The Kier molecular flexibility index (Phi) is 9.69. The van der Waals surface area contributed by atoms with Gasteiger partial charge in [0.15, 0.2) is 0 Å². The number of nitrogens with one attached hydrogen (secondary N) is 2. The highest BCUT2D eigenvalue weighted by atomic mass is 35.5. The third kappa shape index (κ3) is 8.46. The molecule has 2 atom stereocenters. The lowest BCUT2D eigenvalue weighted by Crippen LogP contribution is -2.53. The number of hydrogen-bond acceptors (Lipinski definition) is 5. The van der Waals surface area contributed by atoms with Crippen LogP contribution in [0.3, 0.4) is 0 Å². The fourth-order valence-corrected chi connectivity index (χ4v) is 3.69. The molecule has 7 nitrogen and oxygen atoms in total. The Balaban J connectivity index is 1.71. The van der Waals surface area contributed by atoms with Crippen LogP contribution in [0.15, 0.2) is 84.9 Å². The number of methoxy groups -OCH3 is 1. The van der Waals surface area contributed by atoms with E-state index in [2.05, 4.69) is 10.6 Å². The van der Waals surface area contributed by atoms with Crippen molar-refractivity contribution in [2.45, 2.75) is 31.5 Å². The van der Waals surface area contributed by atoms with Crippen molar-refractivity contribution >= 4 is 29.6 Å². The summed E-state index contributed by atoms with van der Waals surface area (Å²) in [6.07, 6.45) is -0.359. The lowest BCUT2D eigenvalue weighted by molar-refractivity contribution is -0.145. The van der Waals surface area contributed by atoms with Gasteiger partial charge in [0.25, 0.3) is 0 Å². The number of ether oxygens (including phenoxy) is 2. The van der Waals surface area contributed by atoms with E-state index in [1.165, 1.54) is 7.11 Å². The summed E-state index contributed by atoms with van der Waals surface area (Å²) < 4.78 is 10.2. The zero-order valence-electron chi connectivity index (χ0n) is 19.3. The Labute approximate surface area is 209 Å². The van der Waals surface area contributed by atoms with Crippen LogP contribution in [0.2, 0.25) is 5.02 Å². The first kappa shape index (κ1) is 25.8. The molecule has 0 saturated carbocycles. The van der Waals surface area contributed by atoms with Crippen molar-refractivity contribution in [2.24, 2.45) is 0 Å². The number of carbonyl (C=O) groups excluding carboxylic acids is 3. The molecule has 0 aliphatic carbocycles. The monoisotopic (exact) mass is 494 g/mol. The second kappa shape index (κ2) is 13.2. The van der Waals surface area contributed by atoms with E-state index in [9.17, 15) is 14.4 Å². The van der Waals surface area contributed by atoms with Gasteiger partial charge in [0.1, 0.15) is 18.7 Å². The maximum Gasteiger partial charge on any atom is 0.408 e. The quantitative estimate of drug-likeness (QED) is 0.414. The minimum atomic E-state index is -0.979. The number of rotatable bonds is 10. The van der Waals surface area contributed by atoms with Crippen LogP contribution in [-0.2, 0) is 38.5 Å². The molecule has 0 heterocycles. The average molecular weight is 495 g/mol. The van der Waals surface area contributed by atoms with Gasteiger partial charge in [-0.2, -0.15) is 0 Å². The van der Waals surface area contributed by atoms with Crippen molar-refractivity contribution in [1.29, 1.82) is 0 Å². The molecular weight excluding hydrogens is 468 g/mol. The summed E-state index contributed by atoms with van der Waals surface area (Å²) in [5, 5.41) is 5.85. The number of hydrogen-bond donors (Lipinski definition) is 2. The third-order valence-corrected chi connectivity index (χ3v) is 5.47. The lowest BCUT2D eigenvalue weighted by atomic mass is 10.0. The SMILES string of the molecule is COC(=O)[C@H](Cc1cccc(Cl)c1)NC(=O)[C@@H](Cc1ccccc1)NC(=O)OCc1ccccc1. The minimum Gasteiger partial charge on any atom is -0.467 e. The Morgan fingerprint density at radius 2 is 1.37 bits per heavy atom. The number of halogens is 1. The summed E-state index contributed by atoms with van der Waals surface area (Å²) in [4.78, 5) is 38.2. The topological polar surface area (TPSA) is 93.7 Å². The predicted octanol–water partition coefficient (Wildman–Crippen LogP) is 4.08. The molecule has 0 saturated heterocycles. The Bertz CT molecular complexity index is 1120. The summed E-state index contributed by atoms with van der Waals surface area (Å²) >= 11 is 6.05. The van der Waals surface area contributed by atoms with Gasteiger partial charge in [-0.05, 0) is 28.8 Å². The first-order valence-electron chi connectivity index (χ1n) is 11.1. The first-order chi connectivity index (χ1) is 16.9. The molecule has 2 amide bonds. The minimum absolute atomic E-state index is 0.0614. The van der Waals surface area contributed by atoms with Crippen LogP contribution in [0.4, 0.5) is 4.79 Å². The molecule has 0 aliphatic rings. The number of amides is 2. The summed E-state index contributed by atoms with van der Waals surface area (Å²) in [7, 11) is 1.25. The van der Waals surface area contributed by atoms with Gasteiger partial charge in [-0.3, -0.25) is 4.79 Å². The molecule has 0 radical (unpaired) electrons. The number of alkyl carbamates (subject to hydrolysis) is 1. The fraction of sp³-hybridized carbons (Fsp3) is 0.222. The van der Waals surface area contributed by atoms with Crippen LogP contribution < -0.4 is 10.6 Å². The number of esters is 1. The van der Waals surface area contributed by atoms with Crippen LogP contribution in [0.25, 0.3) is 0 Å². The molecule has 8 heteroatoms. The zero-order chi connectivity index (χ0) is 25.0. The molecular formula is C27H27ClN2O5. The van der Waals surface area contributed by atoms with E-state index in [4.69, 9.17) is 21.1 Å². The second-order valence-corrected chi connectivity index (χ2v) is 8.30. The van der Waals surface area contributed by atoms with Crippen molar-refractivity contribution < 1.29 is 23.9 Å². The van der Waals surface area contributed by atoms with Crippen molar-refractivity contribution in [2.75, 3.05) is 7.11 Å². The molecule has 3 aromatic rings. The van der Waals surface area contributed by atoms with Gasteiger partial charge in [-0.1, -0.05) is 84.4 Å². The van der Waals surface area contributed by atoms with Gasteiger partial charge in [-0.25, -0.2) is 9.59 Å². The van der Waals surface area contributed by atoms with E-state index in [-0.39, 0.29) is 19.4 Å². The van der Waals surface area contributed by atoms with E-state index < -0.39 is 30.1 Å². The lowest BCUT2D eigenvalue weighted by Gasteiger charge is -2.22. The molecule has 3 rings (SSSR count). The fourth-order valence-electron chi connectivity index (χ4n) is 3.47. The Morgan fingerprint density at radius 3 is 2.00 bits per heavy atom. The van der Waals surface area contributed by atoms with Crippen molar-refractivity contribution in [3.8, 4) is 0 Å². The summed E-state index contributed by atoms with van der Waals surface area (Å²) in [6.45, 7) is 0.0614. The molecule has 0 fully saturated rings. The van der Waals surface area contributed by atoms with Crippen LogP contribution in [-0.4, -0.2) is 37.2 Å². The molecule has 0 bridgehead atoms. The summed E-state index contributed by atoms with van der Waals surface area (Å²) in [5.74, 6) is -1.15. The highest BCUT2D eigenvalue weighted by molar-refractivity contribution is 6.30. The third-order valence-electron chi connectivity index (χ3n) is 5.24. The van der Waals surface area contributed by atoms with Gasteiger partial charge in [0.2, 0.25) is 5.91 Å². The molecule has 2 N–H and O–H groups in total. The molecule has 0 spiro atoms. The van der Waals surface area contributed by atoms with Crippen molar-refractivity contribution in [3.05, 3.63) is 107 Å². The highest BCUT2D eigenvalue weighted by Crippen LogP contribution is 2.13. The molecule has 0 aromatic heterocycles. The summed E-state index contributed by atoms with van der Waals surface area (Å²) in [5.41, 5.74) is 2.41. The molecule has 0 aliphatic heterocycles. The van der Waals surface area contributed by atoms with E-state index in [0.29, 0.717) is 5.02 Å². The zero-order valence-corrected chi connectivity index (χ0v) is 20.0. The number of carbonyl (C=O) groups is 3. The van der Waals surface area contributed by atoms with Gasteiger partial charge in [0.05, 0.1) is 7.11 Å². The van der Waals surface area contributed by atoms with Crippen LogP contribution in [0.1, 0.15) is 16.7 Å². The van der Waals surface area contributed by atoms with Crippen LogP contribution >= 0.6 is 11.6 Å². The Hall–Kier alpha value is -3.84. The molecule has 182 valence electrons. The highest BCUT2D eigenvalue weighted by Gasteiger charge is 2.28. The van der Waals surface area contributed by atoms with Crippen molar-refractivity contribution in [3.63, 3.8) is 0 Å². The second-order valence-electron chi connectivity index (χ2n) is 7.87. The number of benzene rings is 3. The van der Waals surface area contributed by atoms with Crippen LogP contribution in [0.5, 0.6) is 0 Å². The summed E-state index contributed by atoms with van der Waals surface area (Å²) in [6, 6.07) is 23.5. The maximum absolute atomic E-state index is 13.2. The molecule has 35 heavy (non-hydrogen) atoms. The Morgan fingerprint density at radius 1 is 0.771 bits per heavy atom. The normalized spacial score (nSPS) is 12.2. The van der Waals surface area contributed by atoms with E-state index >= 15 is 0 Å². The van der Waals surface area contributed by atoms with E-state index in [1.807, 2.05) is 60.7 Å². The van der Waals surface area contributed by atoms with E-state index in [1.54, 1.807) is 24.3 Å². The maximum atomic E-state index is 13.2. The first-order valence-corrected chi connectivity index (χ1v) is 11.5. The largest absolute Gasteiger partial charge is 0.467 e. The van der Waals surface area contributed by atoms with E-state index in [0.717, 1.165) is 16.7 Å². The van der Waals surface area contributed by atoms with Gasteiger partial charge >= 0.3 is 12.1 Å². The predicted molar refractivity (Wildman–Crippen MR) is 133 cm³/mol. The van der Waals surface area contributed by atoms with Crippen LogP contribution in [0, 0.1) is 0 Å². The van der Waals surface area contributed by atoms with Gasteiger partial charge in [0, 0.05) is 17.9 Å². The molecule has 3 aromatic carbocycles. The molecule has 0 unspecified atom stereocenters. The smallest absolute Gasteiger partial charge is 0.408 e. The average Bonchev–Trinajstić information content (AvgIpc) is 2.87. The standard InChI is InChI=1S/C27H27ClN2O5/c1-34-26(32)24(17-21-13-8-14-22(28)15-21)29-25(31)23(16-19-9-4-2-5-10-19)30-27(33)35-18-20-11-6-3-7-12-20/h2-15,23-24H,16-18H2,1H3,(H,29,31)(H,30,33)/t23-,24+/m1/s1. The van der Waals surface area contributed by atoms with Gasteiger partial charge < -0.3 is 20.1 Å². The van der Waals surface area contributed by atoms with Crippen molar-refractivity contribution in [1.82, 2.24) is 10.6 Å². The van der Waals surface area contributed by atoms with Gasteiger partial charge in [-0.15, -0.1) is 0 Å².